The van der Waals surface area contributed by atoms with Gasteiger partial charge in [0.2, 0.25) is 5.91 Å². The van der Waals surface area contributed by atoms with Crippen molar-refractivity contribution < 1.29 is 14.3 Å². The molecule has 0 unspecified atom stereocenters. The van der Waals surface area contributed by atoms with Crippen LogP contribution in [0.15, 0.2) is 0 Å². The highest BCUT2D eigenvalue weighted by molar-refractivity contribution is 5.76. The van der Waals surface area contributed by atoms with E-state index in [1.54, 1.807) is 0 Å². The molecule has 1 rings (SSSR count). The summed E-state index contributed by atoms with van der Waals surface area (Å²) in [6.07, 6.45) is 0.691. The Morgan fingerprint density at radius 1 is 1.13 bits per heavy atom. The van der Waals surface area contributed by atoms with E-state index in [1.165, 1.54) is 0 Å². The lowest BCUT2D eigenvalue weighted by Crippen LogP contribution is -2.49. The number of hydrogen-bond acceptors (Lipinski definition) is 4. The van der Waals surface area contributed by atoms with Crippen LogP contribution in [0.3, 0.4) is 0 Å². The van der Waals surface area contributed by atoms with Gasteiger partial charge in [0.1, 0.15) is 5.60 Å². The first kappa shape index (κ1) is 19.7. The van der Waals surface area contributed by atoms with E-state index in [1.807, 2.05) is 25.7 Å². The van der Waals surface area contributed by atoms with Crippen molar-refractivity contribution in [2.75, 3.05) is 39.3 Å². The van der Waals surface area contributed by atoms with Crippen molar-refractivity contribution in [2.45, 2.75) is 53.1 Å². The Hall–Kier alpha value is -1.30. The molecule has 2 amide bonds. The van der Waals surface area contributed by atoms with Crippen molar-refractivity contribution >= 4 is 12.0 Å². The number of rotatable bonds is 6. The Bertz CT molecular complexity index is 383. The molecule has 134 valence electrons. The van der Waals surface area contributed by atoms with Gasteiger partial charge in [-0.2, -0.15) is 0 Å². The van der Waals surface area contributed by atoms with E-state index in [4.69, 9.17) is 4.74 Å². The third-order valence-corrected chi connectivity index (χ3v) is 3.58. The van der Waals surface area contributed by atoms with Crippen molar-refractivity contribution in [3.63, 3.8) is 0 Å². The lowest BCUT2D eigenvalue weighted by molar-refractivity contribution is -0.133. The monoisotopic (exact) mass is 327 g/mol. The van der Waals surface area contributed by atoms with Gasteiger partial charge in [0.25, 0.3) is 0 Å². The highest BCUT2D eigenvalue weighted by atomic mass is 16.6. The molecule has 1 aliphatic rings. The maximum Gasteiger partial charge on any atom is 0.407 e. The van der Waals surface area contributed by atoms with Gasteiger partial charge in [0, 0.05) is 45.7 Å². The van der Waals surface area contributed by atoms with E-state index in [0.29, 0.717) is 25.3 Å². The maximum atomic E-state index is 12.2. The number of amides is 2. The van der Waals surface area contributed by atoms with Crippen molar-refractivity contribution in [3.8, 4) is 0 Å². The Kier molecular flexibility index (Phi) is 7.82. The molecule has 6 heteroatoms. The Morgan fingerprint density at radius 3 is 2.26 bits per heavy atom. The number of carbonyl (C=O) groups excluding carboxylic acids is 2. The zero-order valence-corrected chi connectivity index (χ0v) is 15.4. The summed E-state index contributed by atoms with van der Waals surface area (Å²) in [7, 11) is 0. The Labute approximate surface area is 140 Å². The molecule has 0 radical (unpaired) electrons. The standard InChI is InChI=1S/C17H33N3O3/c1-14(2)13-19-9-11-20(12-10-19)15(21)7-6-8-18-16(22)23-17(3,4)5/h14H,6-13H2,1-5H3,(H,18,22). The Morgan fingerprint density at radius 2 is 1.74 bits per heavy atom. The third-order valence-electron chi connectivity index (χ3n) is 3.58. The zero-order chi connectivity index (χ0) is 17.5. The molecular weight excluding hydrogens is 294 g/mol. The second kappa shape index (κ2) is 9.11. The summed E-state index contributed by atoms with van der Waals surface area (Å²) in [5.74, 6) is 0.844. The van der Waals surface area contributed by atoms with Crippen molar-refractivity contribution in [2.24, 2.45) is 5.92 Å². The topological polar surface area (TPSA) is 61.9 Å². The second-order valence-electron chi connectivity index (χ2n) is 7.61. The summed E-state index contributed by atoms with van der Waals surface area (Å²) in [5.41, 5.74) is -0.491. The molecule has 1 heterocycles. The van der Waals surface area contributed by atoms with E-state index < -0.39 is 11.7 Å². The van der Waals surface area contributed by atoms with Crippen LogP contribution in [-0.4, -0.2) is 66.7 Å². The van der Waals surface area contributed by atoms with Crippen LogP contribution < -0.4 is 5.32 Å². The van der Waals surface area contributed by atoms with Crippen LogP contribution in [-0.2, 0) is 9.53 Å². The molecule has 0 aromatic rings. The second-order valence-corrected chi connectivity index (χ2v) is 7.61. The fraction of sp³-hybridized carbons (Fsp3) is 0.882. The lowest BCUT2D eigenvalue weighted by atomic mass is 10.2. The number of nitrogens with zero attached hydrogens (tertiary/aromatic N) is 2. The van der Waals surface area contributed by atoms with Crippen LogP contribution in [0, 0.1) is 5.92 Å². The smallest absolute Gasteiger partial charge is 0.407 e. The van der Waals surface area contributed by atoms with E-state index >= 15 is 0 Å². The van der Waals surface area contributed by atoms with Gasteiger partial charge in [0.15, 0.2) is 0 Å². The van der Waals surface area contributed by atoms with Gasteiger partial charge >= 0.3 is 6.09 Å². The minimum atomic E-state index is -0.491. The molecule has 0 aliphatic carbocycles. The lowest BCUT2D eigenvalue weighted by Gasteiger charge is -2.35. The summed E-state index contributed by atoms with van der Waals surface area (Å²) in [5, 5.41) is 2.69. The highest BCUT2D eigenvalue weighted by Gasteiger charge is 2.21. The van der Waals surface area contributed by atoms with Gasteiger partial charge in [-0.3, -0.25) is 9.69 Å². The van der Waals surface area contributed by atoms with Crippen LogP contribution in [0.1, 0.15) is 47.5 Å². The number of carbonyl (C=O) groups is 2. The van der Waals surface area contributed by atoms with Crippen LogP contribution >= 0.6 is 0 Å². The van der Waals surface area contributed by atoms with Gasteiger partial charge in [-0.25, -0.2) is 4.79 Å². The third kappa shape index (κ3) is 8.79. The fourth-order valence-corrected chi connectivity index (χ4v) is 2.60. The average molecular weight is 327 g/mol. The normalized spacial score (nSPS) is 16.5. The van der Waals surface area contributed by atoms with E-state index in [9.17, 15) is 9.59 Å². The van der Waals surface area contributed by atoms with Crippen LogP contribution in [0.5, 0.6) is 0 Å². The van der Waals surface area contributed by atoms with Gasteiger partial charge in [-0.05, 0) is 33.1 Å². The molecule has 0 saturated carbocycles. The largest absolute Gasteiger partial charge is 0.444 e. The van der Waals surface area contributed by atoms with E-state index in [0.717, 1.165) is 32.7 Å². The molecule has 0 bridgehead atoms. The van der Waals surface area contributed by atoms with Gasteiger partial charge in [-0.1, -0.05) is 13.8 Å². The molecule has 0 spiro atoms. The minimum Gasteiger partial charge on any atom is -0.444 e. The molecule has 1 saturated heterocycles. The van der Waals surface area contributed by atoms with Gasteiger partial charge < -0.3 is 15.0 Å². The molecular formula is C17H33N3O3. The maximum absolute atomic E-state index is 12.2. The zero-order valence-electron chi connectivity index (χ0n) is 15.4. The van der Waals surface area contributed by atoms with Crippen LogP contribution in [0.25, 0.3) is 0 Å². The average Bonchev–Trinajstić information content (AvgIpc) is 2.41. The molecule has 23 heavy (non-hydrogen) atoms. The number of alkyl carbamates (subject to hydrolysis) is 1. The first-order valence-corrected chi connectivity index (χ1v) is 8.64. The summed E-state index contributed by atoms with van der Waals surface area (Å²) < 4.78 is 5.15. The Balaban J connectivity index is 2.14. The number of piperazine rings is 1. The van der Waals surface area contributed by atoms with Crippen molar-refractivity contribution in [1.29, 1.82) is 0 Å². The molecule has 6 nitrogen and oxygen atoms in total. The van der Waals surface area contributed by atoms with Gasteiger partial charge in [-0.15, -0.1) is 0 Å². The first-order chi connectivity index (χ1) is 10.7. The van der Waals surface area contributed by atoms with Crippen molar-refractivity contribution in [3.05, 3.63) is 0 Å². The summed E-state index contributed by atoms with van der Waals surface area (Å²) in [4.78, 5) is 28.0. The summed E-state index contributed by atoms with van der Waals surface area (Å²) >= 11 is 0. The predicted octanol–water partition coefficient (Wildman–Crippen LogP) is 2.09. The molecule has 1 aliphatic heterocycles. The molecule has 0 aromatic carbocycles. The van der Waals surface area contributed by atoms with Crippen LogP contribution in [0.2, 0.25) is 0 Å². The van der Waals surface area contributed by atoms with Gasteiger partial charge in [0.05, 0.1) is 0 Å². The fourth-order valence-electron chi connectivity index (χ4n) is 2.60. The molecule has 0 atom stereocenters. The highest BCUT2D eigenvalue weighted by Crippen LogP contribution is 2.08. The van der Waals surface area contributed by atoms with E-state index in [2.05, 4.69) is 24.1 Å². The van der Waals surface area contributed by atoms with Crippen LogP contribution in [0.4, 0.5) is 4.79 Å². The summed E-state index contributed by atoms with van der Waals surface area (Å²) in [6, 6.07) is 0. The molecule has 1 fully saturated rings. The SMILES string of the molecule is CC(C)CN1CCN(C(=O)CCCNC(=O)OC(C)(C)C)CC1. The summed E-state index contributed by atoms with van der Waals surface area (Å²) in [6.45, 7) is 15.0. The number of hydrogen-bond donors (Lipinski definition) is 1. The molecule has 1 N–H and O–H groups in total. The predicted molar refractivity (Wildman–Crippen MR) is 91.3 cm³/mol. The van der Waals surface area contributed by atoms with E-state index in [-0.39, 0.29) is 5.91 Å². The van der Waals surface area contributed by atoms with Crippen molar-refractivity contribution in [1.82, 2.24) is 15.1 Å². The number of nitrogens with one attached hydrogen (secondary N) is 1. The number of ether oxygens (including phenoxy) is 1. The molecule has 0 aromatic heterocycles. The quantitative estimate of drug-likeness (QED) is 0.759. The first-order valence-electron chi connectivity index (χ1n) is 8.64. The minimum absolute atomic E-state index is 0.181.